The highest BCUT2D eigenvalue weighted by Crippen LogP contribution is 2.19. The molecule has 0 aliphatic carbocycles. The Labute approximate surface area is 84.6 Å². The lowest BCUT2D eigenvalue weighted by Crippen LogP contribution is -2.32. The minimum absolute atomic E-state index is 0.124. The third-order valence-electron chi connectivity index (χ3n) is 2.10. The highest BCUT2D eigenvalue weighted by Gasteiger charge is 2.27. The molecule has 0 amide bonds. The van der Waals surface area contributed by atoms with Gasteiger partial charge in [0, 0.05) is 6.42 Å². The molecule has 0 spiro atoms. The number of aliphatic carboxylic acids is 1. The van der Waals surface area contributed by atoms with Gasteiger partial charge in [0.15, 0.2) is 0 Å². The van der Waals surface area contributed by atoms with Crippen molar-refractivity contribution >= 4 is 5.97 Å². The van der Waals surface area contributed by atoms with Crippen LogP contribution in [0.25, 0.3) is 0 Å². The predicted molar refractivity (Wildman–Crippen MR) is 53.0 cm³/mol. The fourth-order valence-electron chi connectivity index (χ4n) is 1.45. The first-order valence-corrected chi connectivity index (χ1v) is 4.99. The molecule has 0 rings (SSSR count). The summed E-state index contributed by atoms with van der Waals surface area (Å²) in [5.41, 5.74) is -1.31. The summed E-state index contributed by atoms with van der Waals surface area (Å²) in [5, 5.41) is 27.6. The van der Waals surface area contributed by atoms with Gasteiger partial charge in [0.05, 0.1) is 18.1 Å². The molecule has 0 aromatic rings. The number of carboxylic acids is 1. The molecule has 0 fully saturated rings. The Morgan fingerprint density at radius 1 is 1.50 bits per heavy atom. The first-order valence-electron chi connectivity index (χ1n) is 4.99. The van der Waals surface area contributed by atoms with Crippen molar-refractivity contribution < 1.29 is 20.1 Å². The van der Waals surface area contributed by atoms with Crippen molar-refractivity contribution in [3.05, 3.63) is 0 Å². The van der Waals surface area contributed by atoms with Crippen molar-refractivity contribution in [1.29, 1.82) is 0 Å². The Bertz CT molecular complexity index is 177. The van der Waals surface area contributed by atoms with E-state index < -0.39 is 17.7 Å². The minimum atomic E-state index is -1.31. The summed E-state index contributed by atoms with van der Waals surface area (Å²) in [5.74, 6) is -1.04. The van der Waals surface area contributed by atoms with E-state index in [4.69, 9.17) is 5.11 Å². The lowest BCUT2D eigenvalue weighted by atomic mass is 9.93. The van der Waals surface area contributed by atoms with E-state index in [-0.39, 0.29) is 12.8 Å². The zero-order valence-corrected chi connectivity index (χ0v) is 8.86. The van der Waals surface area contributed by atoms with Crippen LogP contribution in [0.3, 0.4) is 0 Å². The molecule has 2 atom stereocenters. The van der Waals surface area contributed by atoms with Gasteiger partial charge in [0.1, 0.15) is 0 Å². The Morgan fingerprint density at radius 2 is 2.07 bits per heavy atom. The second-order valence-electron chi connectivity index (χ2n) is 4.07. The molecule has 0 aromatic heterocycles. The summed E-state index contributed by atoms with van der Waals surface area (Å²) in [7, 11) is 0. The fraction of sp³-hybridized carbons (Fsp3) is 0.900. The van der Waals surface area contributed by atoms with Gasteiger partial charge in [0.25, 0.3) is 0 Å². The van der Waals surface area contributed by atoms with E-state index in [2.05, 4.69) is 0 Å². The third kappa shape index (κ3) is 6.86. The zero-order chi connectivity index (χ0) is 11.2. The van der Waals surface area contributed by atoms with E-state index in [0.29, 0.717) is 6.42 Å². The zero-order valence-electron chi connectivity index (χ0n) is 8.86. The van der Waals surface area contributed by atoms with Crippen molar-refractivity contribution in [3.8, 4) is 0 Å². The molecule has 0 aliphatic rings. The van der Waals surface area contributed by atoms with Crippen LogP contribution in [0.2, 0.25) is 0 Å². The van der Waals surface area contributed by atoms with Crippen LogP contribution in [0.5, 0.6) is 0 Å². The van der Waals surface area contributed by atoms with E-state index in [1.807, 2.05) is 6.92 Å². The molecular weight excluding hydrogens is 184 g/mol. The first kappa shape index (κ1) is 13.4. The number of unbranched alkanes of at least 4 members (excludes halogenated alkanes) is 1. The van der Waals surface area contributed by atoms with Gasteiger partial charge in [-0.15, -0.1) is 0 Å². The van der Waals surface area contributed by atoms with Gasteiger partial charge in [0.2, 0.25) is 0 Å². The molecule has 14 heavy (non-hydrogen) atoms. The molecule has 0 saturated carbocycles. The molecule has 0 saturated heterocycles. The highest BCUT2D eigenvalue weighted by atomic mass is 16.4. The fourth-order valence-corrected chi connectivity index (χ4v) is 1.45. The normalized spacial score (nSPS) is 17.4. The van der Waals surface area contributed by atoms with E-state index >= 15 is 0 Å². The lowest BCUT2D eigenvalue weighted by molar-refractivity contribution is -0.142. The molecule has 0 aliphatic heterocycles. The summed E-state index contributed by atoms with van der Waals surface area (Å²) < 4.78 is 0. The van der Waals surface area contributed by atoms with Crippen LogP contribution in [-0.4, -0.2) is 33.0 Å². The summed E-state index contributed by atoms with van der Waals surface area (Å²) in [6.07, 6.45) is 1.69. The van der Waals surface area contributed by atoms with Crippen molar-refractivity contribution in [2.75, 3.05) is 0 Å². The highest BCUT2D eigenvalue weighted by molar-refractivity contribution is 5.68. The molecule has 4 nitrogen and oxygen atoms in total. The number of carbonyl (C=O) groups is 1. The summed E-state index contributed by atoms with van der Waals surface area (Å²) >= 11 is 0. The maximum atomic E-state index is 10.4. The predicted octanol–water partition coefficient (Wildman–Crippen LogP) is 1.15. The van der Waals surface area contributed by atoms with Crippen LogP contribution in [0.4, 0.5) is 0 Å². The molecule has 0 bridgehead atoms. The first-order chi connectivity index (χ1) is 6.37. The molecule has 84 valence electrons. The van der Waals surface area contributed by atoms with Crippen molar-refractivity contribution in [1.82, 2.24) is 0 Å². The Kier molecular flexibility index (Phi) is 5.72. The molecule has 2 unspecified atom stereocenters. The van der Waals surface area contributed by atoms with Crippen molar-refractivity contribution in [2.45, 2.75) is 57.7 Å². The van der Waals surface area contributed by atoms with Crippen LogP contribution < -0.4 is 0 Å². The largest absolute Gasteiger partial charge is 0.481 e. The van der Waals surface area contributed by atoms with Gasteiger partial charge in [-0.1, -0.05) is 19.8 Å². The van der Waals surface area contributed by atoms with Gasteiger partial charge < -0.3 is 15.3 Å². The maximum Gasteiger partial charge on any atom is 0.306 e. The average molecular weight is 204 g/mol. The van der Waals surface area contributed by atoms with E-state index in [1.165, 1.54) is 6.92 Å². The number of aliphatic hydroxyl groups excluding tert-OH is 1. The molecule has 0 aromatic carbocycles. The Morgan fingerprint density at radius 3 is 2.50 bits per heavy atom. The Hall–Kier alpha value is -0.610. The number of carboxylic acid groups (broad SMARTS) is 1. The standard InChI is InChI=1S/C10H20O4/c1-3-4-5-8(11)6-10(2,14)7-9(12)13/h8,11,14H,3-7H2,1-2H3,(H,12,13). The van der Waals surface area contributed by atoms with Crippen molar-refractivity contribution in [2.24, 2.45) is 0 Å². The molecule has 0 radical (unpaired) electrons. The van der Waals surface area contributed by atoms with Gasteiger partial charge in [-0.05, 0) is 13.3 Å². The summed E-state index contributed by atoms with van der Waals surface area (Å²) in [6, 6.07) is 0. The number of aliphatic hydroxyl groups is 2. The topological polar surface area (TPSA) is 77.8 Å². The number of rotatable bonds is 7. The van der Waals surface area contributed by atoms with Crippen molar-refractivity contribution in [3.63, 3.8) is 0 Å². The van der Waals surface area contributed by atoms with Crippen LogP contribution in [-0.2, 0) is 4.79 Å². The second kappa shape index (κ2) is 5.98. The minimum Gasteiger partial charge on any atom is -0.481 e. The number of hydrogen-bond donors (Lipinski definition) is 3. The summed E-state index contributed by atoms with van der Waals surface area (Å²) in [4.78, 5) is 10.4. The Balaban J connectivity index is 3.88. The smallest absolute Gasteiger partial charge is 0.306 e. The van der Waals surface area contributed by atoms with E-state index in [1.54, 1.807) is 0 Å². The summed E-state index contributed by atoms with van der Waals surface area (Å²) in [6.45, 7) is 3.46. The van der Waals surface area contributed by atoms with Gasteiger partial charge >= 0.3 is 5.97 Å². The lowest BCUT2D eigenvalue weighted by Gasteiger charge is -2.24. The van der Waals surface area contributed by atoms with Crippen LogP contribution in [0, 0.1) is 0 Å². The molecule has 0 heterocycles. The van der Waals surface area contributed by atoms with Gasteiger partial charge in [-0.2, -0.15) is 0 Å². The van der Waals surface area contributed by atoms with Gasteiger partial charge in [-0.3, -0.25) is 4.79 Å². The number of hydrogen-bond acceptors (Lipinski definition) is 3. The molecule has 4 heteroatoms. The SMILES string of the molecule is CCCCC(O)CC(C)(O)CC(=O)O. The molecular formula is C10H20O4. The van der Waals surface area contributed by atoms with E-state index in [9.17, 15) is 15.0 Å². The molecule has 3 N–H and O–H groups in total. The van der Waals surface area contributed by atoms with E-state index in [0.717, 1.165) is 12.8 Å². The van der Waals surface area contributed by atoms with Crippen LogP contribution in [0.15, 0.2) is 0 Å². The second-order valence-corrected chi connectivity index (χ2v) is 4.07. The monoisotopic (exact) mass is 204 g/mol. The maximum absolute atomic E-state index is 10.4. The quantitative estimate of drug-likeness (QED) is 0.581. The van der Waals surface area contributed by atoms with Crippen LogP contribution in [0.1, 0.15) is 46.0 Å². The third-order valence-corrected chi connectivity index (χ3v) is 2.10. The average Bonchev–Trinajstić information content (AvgIpc) is 1.96. The van der Waals surface area contributed by atoms with Crippen LogP contribution >= 0.6 is 0 Å². The van der Waals surface area contributed by atoms with Gasteiger partial charge in [-0.25, -0.2) is 0 Å².